The third kappa shape index (κ3) is 8.32. The number of nitrogens with two attached hydrogens (primary N) is 1. The Bertz CT molecular complexity index is 1330. The molecule has 6 N–H and O–H groups in total. The number of aliphatic carboxylic acids is 1. The van der Waals surface area contributed by atoms with Crippen molar-refractivity contribution in [2.24, 2.45) is 0 Å². The minimum atomic E-state index is -5.08. The third-order valence-electron chi connectivity index (χ3n) is 5.76. The lowest BCUT2D eigenvalue weighted by Gasteiger charge is -2.21. The second-order valence-corrected chi connectivity index (χ2v) is 8.80. The van der Waals surface area contributed by atoms with E-state index in [0.717, 1.165) is 41.3 Å². The number of halogens is 3. The van der Waals surface area contributed by atoms with Gasteiger partial charge in [-0.1, -0.05) is 42.5 Å². The summed E-state index contributed by atoms with van der Waals surface area (Å²) in [4.78, 5) is 23.6. The lowest BCUT2D eigenvalue weighted by atomic mass is 10.0. The third-order valence-corrected chi connectivity index (χ3v) is 5.76. The topological polar surface area (TPSA) is 128 Å². The van der Waals surface area contributed by atoms with E-state index in [9.17, 15) is 23.1 Å². The van der Waals surface area contributed by atoms with E-state index in [0.29, 0.717) is 17.8 Å². The predicted octanol–water partition coefficient (Wildman–Crippen LogP) is 4.69. The van der Waals surface area contributed by atoms with Crippen LogP contribution in [0.1, 0.15) is 23.6 Å². The number of amides is 1. The monoisotopic (exact) mass is 542 g/mol. The Morgan fingerprint density at radius 1 is 1.00 bits per heavy atom. The summed E-state index contributed by atoms with van der Waals surface area (Å²) >= 11 is 0. The van der Waals surface area contributed by atoms with Crippen LogP contribution in [0.3, 0.4) is 0 Å². The number of alkyl halides is 3. The number of hydrogen-bond donors (Lipinski definition) is 5. The number of hydrogen-bond acceptors (Lipinski definition) is 6. The highest BCUT2D eigenvalue weighted by Gasteiger charge is 2.38. The summed E-state index contributed by atoms with van der Waals surface area (Å²) in [6.45, 7) is 4.14. The van der Waals surface area contributed by atoms with Crippen molar-refractivity contribution in [1.82, 2.24) is 4.90 Å². The predicted molar refractivity (Wildman–Crippen MR) is 143 cm³/mol. The molecule has 0 aliphatic carbocycles. The molecule has 0 bridgehead atoms. The molecule has 39 heavy (non-hydrogen) atoms. The minimum absolute atomic E-state index is 0.118. The highest BCUT2D eigenvalue weighted by Crippen LogP contribution is 2.35. The zero-order valence-corrected chi connectivity index (χ0v) is 21.1. The number of carbonyl (C=O) groups excluding carboxylic acids is 1. The molecule has 0 unspecified atom stereocenters. The van der Waals surface area contributed by atoms with Crippen LogP contribution in [-0.2, 0) is 22.7 Å². The summed E-state index contributed by atoms with van der Waals surface area (Å²) in [6.07, 6.45) is -5.08. The Balaban J connectivity index is 0.000000532. The fourth-order valence-corrected chi connectivity index (χ4v) is 3.98. The van der Waals surface area contributed by atoms with Gasteiger partial charge < -0.3 is 26.6 Å². The van der Waals surface area contributed by atoms with Gasteiger partial charge in [-0.2, -0.15) is 13.2 Å². The Morgan fingerprint density at radius 3 is 2.15 bits per heavy atom. The van der Waals surface area contributed by atoms with Crippen molar-refractivity contribution in [3.05, 3.63) is 95.2 Å². The Hall–Kier alpha value is -4.35. The molecule has 3 aromatic carbocycles. The van der Waals surface area contributed by atoms with Crippen molar-refractivity contribution in [3.8, 4) is 0 Å². The molecule has 0 aromatic heterocycles. The van der Waals surface area contributed by atoms with Gasteiger partial charge in [-0.25, -0.2) is 4.79 Å². The molecule has 4 rings (SSSR count). The number of carboxylic acid groups (broad SMARTS) is 1. The van der Waals surface area contributed by atoms with Gasteiger partial charge in [0, 0.05) is 48.0 Å². The molecule has 0 spiro atoms. The maximum absolute atomic E-state index is 12.5. The Morgan fingerprint density at radius 2 is 1.59 bits per heavy atom. The maximum Gasteiger partial charge on any atom is 0.490 e. The van der Waals surface area contributed by atoms with Crippen LogP contribution in [0.5, 0.6) is 0 Å². The first-order valence-corrected chi connectivity index (χ1v) is 11.9. The maximum atomic E-state index is 12.5. The highest BCUT2D eigenvalue weighted by atomic mass is 19.4. The molecule has 8 nitrogen and oxygen atoms in total. The van der Waals surface area contributed by atoms with Crippen LogP contribution in [0.4, 0.5) is 30.2 Å². The number of carboxylic acids is 1. The van der Waals surface area contributed by atoms with E-state index in [1.54, 1.807) is 6.07 Å². The number of allylic oxidation sites excluding steroid dienone is 1. The van der Waals surface area contributed by atoms with Gasteiger partial charge in [0.15, 0.2) is 0 Å². The number of benzene rings is 3. The number of aliphatic hydroxyl groups is 1. The van der Waals surface area contributed by atoms with E-state index < -0.39 is 12.1 Å². The lowest BCUT2D eigenvalue weighted by molar-refractivity contribution is -0.192. The van der Waals surface area contributed by atoms with Crippen molar-refractivity contribution < 1.29 is 33.0 Å². The summed E-state index contributed by atoms with van der Waals surface area (Å²) in [5, 5.41) is 22.8. The van der Waals surface area contributed by atoms with E-state index in [-0.39, 0.29) is 12.5 Å². The zero-order valence-electron chi connectivity index (χ0n) is 21.1. The van der Waals surface area contributed by atoms with E-state index >= 15 is 0 Å². The van der Waals surface area contributed by atoms with Crippen LogP contribution in [0.15, 0.2) is 78.5 Å². The lowest BCUT2D eigenvalue weighted by Crippen LogP contribution is -2.26. The number of nitrogen functional groups attached to an aromatic ring is 1. The molecule has 1 amide bonds. The smallest absolute Gasteiger partial charge is 0.475 e. The number of aliphatic hydroxyl groups excluding tert-OH is 1. The van der Waals surface area contributed by atoms with E-state index in [1.807, 2.05) is 49.4 Å². The largest absolute Gasteiger partial charge is 0.490 e. The summed E-state index contributed by atoms with van der Waals surface area (Å²) in [6, 6.07) is 23.8. The van der Waals surface area contributed by atoms with Crippen LogP contribution in [-0.4, -0.2) is 46.3 Å². The van der Waals surface area contributed by atoms with Crippen LogP contribution >= 0.6 is 0 Å². The second-order valence-electron chi connectivity index (χ2n) is 8.80. The molecular weight excluding hydrogens is 513 g/mol. The summed E-state index contributed by atoms with van der Waals surface area (Å²) in [7, 11) is 0. The molecule has 0 atom stereocenters. The number of carbonyl (C=O) groups is 2. The normalized spacial score (nSPS) is 13.7. The van der Waals surface area contributed by atoms with Crippen LogP contribution in [0.25, 0.3) is 5.57 Å². The van der Waals surface area contributed by atoms with Gasteiger partial charge >= 0.3 is 12.1 Å². The summed E-state index contributed by atoms with van der Waals surface area (Å²) in [5.74, 6) is -2.89. The molecule has 206 valence electrons. The van der Waals surface area contributed by atoms with Crippen LogP contribution in [0.2, 0.25) is 0 Å². The molecule has 0 saturated carbocycles. The number of nitrogens with one attached hydrogen (secondary N) is 2. The fraction of sp³-hybridized carbons (Fsp3) is 0.214. The molecule has 1 heterocycles. The fourth-order valence-electron chi connectivity index (χ4n) is 3.98. The standard InChI is InChI=1S/C26H28N4O2.C2HF3O2/c1-18(25-23-15-21(27)9-12-24(23)29-26(25)32)28-22-10-7-20(8-11-22)17-30(13-14-31)16-19-5-3-2-4-6-19;3-2(4,5)1(6)7/h2-12,15,28,31H,13-14,16-17,27H2,1H3,(H,29,32);(H,6,7). The van der Waals surface area contributed by atoms with Crippen molar-refractivity contribution >= 4 is 34.5 Å². The van der Waals surface area contributed by atoms with Gasteiger partial charge in [-0.3, -0.25) is 9.69 Å². The Kier molecular flexibility index (Phi) is 9.69. The zero-order chi connectivity index (χ0) is 28.6. The van der Waals surface area contributed by atoms with Crippen molar-refractivity contribution in [2.75, 3.05) is 29.5 Å². The number of anilines is 3. The first-order chi connectivity index (χ1) is 18.5. The molecule has 0 fully saturated rings. The van der Waals surface area contributed by atoms with Crippen LogP contribution in [0, 0.1) is 0 Å². The molecule has 3 aromatic rings. The summed E-state index contributed by atoms with van der Waals surface area (Å²) in [5.41, 5.74) is 12.8. The second kappa shape index (κ2) is 12.9. The SMILES string of the molecule is CC(Nc1ccc(CN(CCO)Cc2ccccc2)cc1)=C1C(=O)Nc2ccc(N)cc21.O=C(O)C(F)(F)F. The molecule has 1 aliphatic rings. The van der Waals surface area contributed by atoms with Gasteiger partial charge in [0.05, 0.1) is 12.2 Å². The van der Waals surface area contributed by atoms with Crippen molar-refractivity contribution in [2.45, 2.75) is 26.2 Å². The molecule has 0 radical (unpaired) electrons. The molecule has 0 saturated heterocycles. The van der Waals surface area contributed by atoms with Crippen molar-refractivity contribution in [3.63, 3.8) is 0 Å². The van der Waals surface area contributed by atoms with E-state index in [4.69, 9.17) is 15.6 Å². The average molecular weight is 543 g/mol. The van der Waals surface area contributed by atoms with Gasteiger partial charge in [-0.05, 0) is 48.4 Å². The molecular formula is C28H29F3N4O4. The summed E-state index contributed by atoms with van der Waals surface area (Å²) < 4.78 is 31.7. The van der Waals surface area contributed by atoms with Gasteiger partial charge in [-0.15, -0.1) is 0 Å². The Labute approximate surface area is 223 Å². The van der Waals surface area contributed by atoms with Crippen LogP contribution < -0.4 is 16.4 Å². The number of fused-ring (bicyclic) bond motifs is 1. The van der Waals surface area contributed by atoms with Crippen molar-refractivity contribution in [1.29, 1.82) is 0 Å². The first kappa shape index (κ1) is 29.2. The number of nitrogens with zero attached hydrogens (tertiary/aromatic N) is 1. The minimum Gasteiger partial charge on any atom is -0.475 e. The molecule has 1 aliphatic heterocycles. The quantitative estimate of drug-likeness (QED) is 0.206. The highest BCUT2D eigenvalue weighted by molar-refractivity contribution is 6.32. The van der Waals surface area contributed by atoms with E-state index in [1.165, 1.54) is 5.56 Å². The number of rotatable bonds is 8. The first-order valence-electron chi connectivity index (χ1n) is 11.9. The van der Waals surface area contributed by atoms with Gasteiger partial charge in [0.1, 0.15) is 0 Å². The van der Waals surface area contributed by atoms with Gasteiger partial charge in [0.2, 0.25) is 0 Å². The van der Waals surface area contributed by atoms with E-state index in [2.05, 4.69) is 39.8 Å². The van der Waals surface area contributed by atoms with Gasteiger partial charge in [0.25, 0.3) is 5.91 Å². The average Bonchev–Trinajstić information content (AvgIpc) is 3.20. The molecule has 11 heteroatoms.